The van der Waals surface area contributed by atoms with Crippen molar-refractivity contribution < 1.29 is 23.9 Å². The number of halogens is 1. The number of amides is 2. The molecule has 0 aliphatic rings. The smallest absolute Gasteiger partial charge is 0.326 e. The molecule has 2 amide bonds. The minimum absolute atomic E-state index is 0.357. The summed E-state index contributed by atoms with van der Waals surface area (Å²) < 4.78 is 10.2. The Kier molecular flexibility index (Phi) is 7.61. The summed E-state index contributed by atoms with van der Waals surface area (Å²) in [6, 6.07) is 10.1. The van der Waals surface area contributed by atoms with Crippen molar-refractivity contribution in [2.24, 2.45) is 0 Å². The number of carbonyl (C=O) groups is 3. The average molecular weight is 419 g/mol. The van der Waals surface area contributed by atoms with Crippen molar-refractivity contribution in [2.75, 3.05) is 19.0 Å². The molecular formula is C21H23ClN2O5. The molecule has 0 aliphatic heterocycles. The Labute approximate surface area is 174 Å². The van der Waals surface area contributed by atoms with Crippen LogP contribution in [0.2, 0.25) is 5.02 Å². The number of nitrogens with one attached hydrogen (secondary N) is 2. The zero-order valence-corrected chi connectivity index (χ0v) is 17.4. The predicted molar refractivity (Wildman–Crippen MR) is 110 cm³/mol. The highest BCUT2D eigenvalue weighted by Gasteiger charge is 2.20. The van der Waals surface area contributed by atoms with Crippen molar-refractivity contribution in [2.45, 2.75) is 26.9 Å². The molecule has 2 N–H and O–H groups in total. The van der Waals surface area contributed by atoms with E-state index in [-0.39, 0.29) is 6.54 Å². The summed E-state index contributed by atoms with van der Waals surface area (Å²) in [7, 11) is 1.46. The number of hydrogen-bond acceptors (Lipinski definition) is 5. The van der Waals surface area contributed by atoms with E-state index in [4.69, 9.17) is 21.1 Å². The van der Waals surface area contributed by atoms with Gasteiger partial charge in [-0.05, 0) is 51.1 Å². The summed E-state index contributed by atoms with van der Waals surface area (Å²) in [4.78, 5) is 36.5. The topological polar surface area (TPSA) is 93.7 Å². The number of carbonyl (C=O) groups excluding carboxylic acids is 3. The molecular weight excluding hydrogens is 396 g/mol. The van der Waals surface area contributed by atoms with Gasteiger partial charge >= 0.3 is 5.97 Å². The molecule has 0 bridgehead atoms. The van der Waals surface area contributed by atoms with Crippen molar-refractivity contribution in [3.63, 3.8) is 0 Å². The Morgan fingerprint density at radius 2 is 1.72 bits per heavy atom. The molecule has 0 fully saturated rings. The van der Waals surface area contributed by atoms with Crippen LogP contribution in [0.25, 0.3) is 0 Å². The molecule has 154 valence electrons. The fourth-order valence-corrected chi connectivity index (χ4v) is 2.84. The molecule has 2 aromatic rings. The monoisotopic (exact) mass is 418 g/mol. The van der Waals surface area contributed by atoms with E-state index < -0.39 is 23.9 Å². The standard InChI is InChI=1S/C21H23ClN2O5/c1-12-7-13(2)9-15(8-12)21(27)23-11-19(25)29-14(3)20(26)24-17-10-16(22)5-6-18(17)28-4/h5-10,14H,11H2,1-4H3,(H,23,27)(H,24,26). The van der Waals surface area contributed by atoms with Crippen LogP contribution in [-0.2, 0) is 14.3 Å². The summed E-state index contributed by atoms with van der Waals surface area (Å²) in [5, 5.41) is 5.50. The van der Waals surface area contributed by atoms with Gasteiger partial charge in [-0.15, -0.1) is 0 Å². The van der Waals surface area contributed by atoms with E-state index in [2.05, 4.69) is 10.6 Å². The summed E-state index contributed by atoms with van der Waals surface area (Å²) in [6.07, 6.45) is -1.08. The quantitative estimate of drug-likeness (QED) is 0.673. The van der Waals surface area contributed by atoms with Gasteiger partial charge in [-0.25, -0.2) is 0 Å². The second-order valence-corrected chi connectivity index (χ2v) is 6.96. The highest BCUT2D eigenvalue weighted by molar-refractivity contribution is 6.31. The molecule has 0 aliphatic carbocycles. The lowest BCUT2D eigenvalue weighted by atomic mass is 10.1. The summed E-state index contributed by atoms with van der Waals surface area (Å²) in [5.41, 5.74) is 2.70. The minimum atomic E-state index is -1.08. The summed E-state index contributed by atoms with van der Waals surface area (Å²) in [6.45, 7) is 4.83. The van der Waals surface area contributed by atoms with Crippen molar-refractivity contribution in [1.82, 2.24) is 5.32 Å². The van der Waals surface area contributed by atoms with Crippen molar-refractivity contribution >= 4 is 35.1 Å². The first kappa shape index (κ1) is 22.2. The maximum absolute atomic E-state index is 12.3. The molecule has 0 aromatic heterocycles. The van der Waals surface area contributed by atoms with Gasteiger partial charge in [0.05, 0.1) is 12.8 Å². The van der Waals surface area contributed by atoms with Crippen LogP contribution < -0.4 is 15.4 Å². The number of aryl methyl sites for hydroxylation is 2. The van der Waals surface area contributed by atoms with E-state index in [1.165, 1.54) is 20.1 Å². The van der Waals surface area contributed by atoms with Crippen LogP contribution >= 0.6 is 11.6 Å². The van der Waals surface area contributed by atoms with E-state index in [1.807, 2.05) is 19.9 Å². The minimum Gasteiger partial charge on any atom is -0.495 e. The van der Waals surface area contributed by atoms with Gasteiger partial charge in [0.15, 0.2) is 6.10 Å². The molecule has 7 nitrogen and oxygen atoms in total. The van der Waals surface area contributed by atoms with E-state index in [0.717, 1.165) is 11.1 Å². The lowest BCUT2D eigenvalue weighted by Crippen LogP contribution is -2.36. The van der Waals surface area contributed by atoms with Crippen molar-refractivity contribution in [1.29, 1.82) is 0 Å². The zero-order chi connectivity index (χ0) is 21.6. The second-order valence-electron chi connectivity index (χ2n) is 6.53. The molecule has 0 spiro atoms. The Bertz CT molecular complexity index is 909. The number of esters is 1. The highest BCUT2D eigenvalue weighted by Crippen LogP contribution is 2.27. The third-order valence-electron chi connectivity index (χ3n) is 3.97. The third kappa shape index (κ3) is 6.50. The number of rotatable bonds is 7. The van der Waals surface area contributed by atoms with Crippen LogP contribution in [0.15, 0.2) is 36.4 Å². The highest BCUT2D eigenvalue weighted by atomic mass is 35.5. The Balaban J connectivity index is 1.89. The van der Waals surface area contributed by atoms with Gasteiger partial charge < -0.3 is 20.1 Å². The van der Waals surface area contributed by atoms with Gasteiger partial charge in [0.25, 0.3) is 11.8 Å². The Hall–Kier alpha value is -3.06. The number of hydrogen-bond donors (Lipinski definition) is 2. The van der Waals surface area contributed by atoms with E-state index in [9.17, 15) is 14.4 Å². The summed E-state index contributed by atoms with van der Waals surface area (Å²) in [5.74, 6) is -1.26. The SMILES string of the molecule is COc1ccc(Cl)cc1NC(=O)C(C)OC(=O)CNC(=O)c1cc(C)cc(C)c1. The Morgan fingerprint density at radius 1 is 1.07 bits per heavy atom. The average Bonchev–Trinajstić information content (AvgIpc) is 2.65. The molecule has 0 saturated heterocycles. The molecule has 2 rings (SSSR count). The van der Waals surface area contributed by atoms with E-state index in [0.29, 0.717) is 22.0 Å². The van der Waals surface area contributed by atoms with E-state index in [1.54, 1.807) is 24.3 Å². The summed E-state index contributed by atoms with van der Waals surface area (Å²) >= 11 is 5.93. The first-order chi connectivity index (χ1) is 13.7. The van der Waals surface area contributed by atoms with Crippen molar-refractivity contribution in [3.8, 4) is 5.75 Å². The second kappa shape index (κ2) is 9.93. The Morgan fingerprint density at radius 3 is 2.34 bits per heavy atom. The fourth-order valence-electron chi connectivity index (χ4n) is 2.66. The molecule has 29 heavy (non-hydrogen) atoms. The van der Waals surface area contributed by atoms with Gasteiger partial charge in [0.1, 0.15) is 12.3 Å². The molecule has 2 aromatic carbocycles. The lowest BCUT2D eigenvalue weighted by molar-refractivity contribution is -0.152. The van der Waals surface area contributed by atoms with Crippen LogP contribution in [0, 0.1) is 13.8 Å². The largest absolute Gasteiger partial charge is 0.495 e. The maximum Gasteiger partial charge on any atom is 0.326 e. The molecule has 0 heterocycles. The molecule has 8 heteroatoms. The first-order valence-corrected chi connectivity index (χ1v) is 9.27. The fraction of sp³-hybridized carbons (Fsp3) is 0.286. The normalized spacial score (nSPS) is 11.3. The third-order valence-corrected chi connectivity index (χ3v) is 4.21. The zero-order valence-electron chi connectivity index (χ0n) is 16.7. The van der Waals surface area contributed by atoms with Crippen LogP contribution in [0.4, 0.5) is 5.69 Å². The number of anilines is 1. The van der Waals surface area contributed by atoms with Gasteiger partial charge in [-0.3, -0.25) is 14.4 Å². The van der Waals surface area contributed by atoms with Gasteiger partial charge in [0, 0.05) is 10.6 Å². The number of methoxy groups -OCH3 is 1. The van der Waals surface area contributed by atoms with Crippen LogP contribution in [0.5, 0.6) is 5.75 Å². The molecule has 1 atom stereocenters. The van der Waals surface area contributed by atoms with Gasteiger partial charge in [-0.2, -0.15) is 0 Å². The maximum atomic E-state index is 12.3. The molecule has 0 saturated carbocycles. The number of ether oxygens (including phenoxy) is 2. The molecule has 1 unspecified atom stereocenters. The van der Waals surface area contributed by atoms with Gasteiger partial charge in [-0.1, -0.05) is 28.8 Å². The predicted octanol–water partition coefficient (Wildman–Crippen LogP) is 3.27. The van der Waals surface area contributed by atoms with Crippen LogP contribution in [0.3, 0.4) is 0 Å². The van der Waals surface area contributed by atoms with Crippen LogP contribution in [-0.4, -0.2) is 37.5 Å². The van der Waals surface area contributed by atoms with Crippen LogP contribution in [0.1, 0.15) is 28.4 Å². The van der Waals surface area contributed by atoms with E-state index >= 15 is 0 Å². The number of benzene rings is 2. The van der Waals surface area contributed by atoms with Crippen molar-refractivity contribution in [3.05, 3.63) is 58.1 Å². The first-order valence-electron chi connectivity index (χ1n) is 8.90. The van der Waals surface area contributed by atoms with Gasteiger partial charge in [0.2, 0.25) is 0 Å². The molecule has 0 radical (unpaired) electrons. The lowest BCUT2D eigenvalue weighted by Gasteiger charge is -2.15.